The summed E-state index contributed by atoms with van der Waals surface area (Å²) >= 11 is 0. The molecule has 148 valence electrons. The zero-order valence-corrected chi connectivity index (χ0v) is 17.0. The lowest BCUT2D eigenvalue weighted by molar-refractivity contribution is -0.904. The van der Waals surface area contributed by atoms with E-state index < -0.39 is 0 Å². The monoisotopic (exact) mass is 420 g/mol. The molecular formula is C21H23Cl2FN4. The minimum Gasteiger partial charge on any atom is -1.00 e. The topological polar surface area (TPSA) is 28.5 Å². The van der Waals surface area contributed by atoms with E-state index in [1.165, 1.54) is 49.1 Å². The lowest BCUT2D eigenvalue weighted by Crippen LogP contribution is -3.10. The maximum atomic E-state index is 13.2. The quantitative estimate of drug-likeness (QED) is 0.317. The van der Waals surface area contributed by atoms with Crippen LogP contribution in [0.15, 0.2) is 54.7 Å². The molecule has 0 amide bonds. The van der Waals surface area contributed by atoms with E-state index in [-0.39, 0.29) is 30.6 Å². The summed E-state index contributed by atoms with van der Waals surface area (Å²) in [6.45, 7) is 4.73. The van der Waals surface area contributed by atoms with Crippen molar-refractivity contribution in [1.29, 1.82) is 0 Å². The van der Waals surface area contributed by atoms with E-state index in [4.69, 9.17) is 0 Å². The predicted molar refractivity (Wildman–Crippen MR) is 99.6 cm³/mol. The maximum Gasteiger partial charge on any atom is 0.368 e. The highest BCUT2D eigenvalue weighted by Crippen LogP contribution is 2.22. The Hall–Kier alpha value is -2.08. The molecule has 4 nitrogen and oxygen atoms in total. The molecule has 3 heterocycles. The molecule has 0 bridgehead atoms. The molecule has 1 fully saturated rings. The second-order valence-electron chi connectivity index (χ2n) is 7.22. The number of hydrogen-bond donors (Lipinski definition) is 2. The van der Waals surface area contributed by atoms with Crippen LogP contribution in [0.4, 0.5) is 4.39 Å². The third-order valence-electron chi connectivity index (χ3n) is 5.58. The van der Waals surface area contributed by atoms with Gasteiger partial charge in [-0.05, 0) is 36.4 Å². The number of imidazole rings is 2. The van der Waals surface area contributed by atoms with Crippen molar-refractivity contribution in [3.63, 3.8) is 0 Å². The molecule has 2 aromatic carbocycles. The van der Waals surface area contributed by atoms with Crippen molar-refractivity contribution in [2.45, 2.75) is 19.4 Å². The number of para-hydroxylation sites is 2. The number of likely N-dealkylation sites (tertiary alicyclic amines) is 1. The van der Waals surface area contributed by atoms with Gasteiger partial charge in [0.25, 0.3) is 0 Å². The van der Waals surface area contributed by atoms with Gasteiger partial charge in [-0.3, -0.25) is 0 Å². The van der Waals surface area contributed by atoms with Gasteiger partial charge in [-0.15, -0.1) is 0 Å². The van der Waals surface area contributed by atoms with Crippen LogP contribution in [-0.4, -0.2) is 29.0 Å². The number of H-pyrrole nitrogens is 1. The largest absolute Gasteiger partial charge is 1.00 e. The molecule has 1 saturated heterocycles. The van der Waals surface area contributed by atoms with Crippen LogP contribution in [0.1, 0.15) is 12.8 Å². The highest BCUT2D eigenvalue weighted by Gasteiger charge is 2.23. The van der Waals surface area contributed by atoms with Crippen LogP contribution in [0.2, 0.25) is 0 Å². The third kappa shape index (κ3) is 3.62. The van der Waals surface area contributed by atoms with Crippen LogP contribution in [0.3, 0.4) is 0 Å². The van der Waals surface area contributed by atoms with E-state index in [0.717, 1.165) is 30.1 Å². The molecule has 28 heavy (non-hydrogen) atoms. The number of benzene rings is 2. The van der Waals surface area contributed by atoms with Crippen LogP contribution >= 0.6 is 0 Å². The summed E-state index contributed by atoms with van der Waals surface area (Å²) in [5, 5.41) is 0. The minimum atomic E-state index is -0.207. The Bertz CT molecular complexity index is 1070. The van der Waals surface area contributed by atoms with Gasteiger partial charge in [0.15, 0.2) is 0 Å². The van der Waals surface area contributed by atoms with Crippen molar-refractivity contribution >= 4 is 16.8 Å². The minimum absolute atomic E-state index is 0. The summed E-state index contributed by atoms with van der Waals surface area (Å²) in [7, 11) is 0. The fraction of sp³-hybridized carbons (Fsp3) is 0.286. The first kappa shape index (κ1) is 20.6. The normalized spacial score (nSPS) is 14.3. The molecule has 0 saturated carbocycles. The van der Waals surface area contributed by atoms with E-state index in [2.05, 4.69) is 44.4 Å². The average Bonchev–Trinajstić information content (AvgIpc) is 3.37. The standard InChI is InChI=1S/C21H21FN4.2ClH/c22-17-9-7-16(8-10-17)18-15-26-20-6-2-1-5-19(20)25(21(26)23-18)14-13-24-11-3-4-12-24;;/h1-2,5-10,15H,3-4,11-14H2;2*1H. The Kier molecular flexibility index (Phi) is 6.28. The highest BCUT2D eigenvalue weighted by molar-refractivity contribution is 5.76. The van der Waals surface area contributed by atoms with Gasteiger partial charge in [0.2, 0.25) is 0 Å². The van der Waals surface area contributed by atoms with E-state index in [0.29, 0.717) is 0 Å². The maximum absolute atomic E-state index is 13.2. The molecule has 2 N–H and O–H groups in total. The van der Waals surface area contributed by atoms with Gasteiger partial charge in [-0.25, -0.2) is 13.9 Å². The molecule has 0 unspecified atom stereocenters. The van der Waals surface area contributed by atoms with Crippen LogP contribution in [0, 0.1) is 5.82 Å². The number of quaternary nitrogens is 1. The average molecular weight is 421 g/mol. The van der Waals surface area contributed by atoms with Crippen molar-refractivity contribution < 1.29 is 38.7 Å². The van der Waals surface area contributed by atoms with Crippen molar-refractivity contribution in [3.05, 3.63) is 60.5 Å². The summed E-state index contributed by atoms with van der Waals surface area (Å²) in [5.41, 5.74) is 4.45. The number of aromatic amines is 1. The number of aromatic nitrogens is 3. The fourth-order valence-electron chi connectivity index (χ4n) is 4.19. The summed E-state index contributed by atoms with van der Waals surface area (Å²) in [6.07, 6.45) is 4.82. The SMILES string of the molecule is Fc1ccc(-c2cn3c4ccccc4[n+](CC[NH+]4CCCC4)c3[nH]2)cc1.[Cl-].[Cl-]. The van der Waals surface area contributed by atoms with Crippen LogP contribution in [0.5, 0.6) is 0 Å². The lowest BCUT2D eigenvalue weighted by atomic mass is 10.2. The molecule has 0 atom stereocenters. The molecular weight excluding hydrogens is 398 g/mol. The van der Waals surface area contributed by atoms with Gasteiger partial charge in [-0.1, -0.05) is 12.1 Å². The fourth-order valence-corrected chi connectivity index (χ4v) is 4.19. The Morgan fingerprint density at radius 1 is 1.00 bits per heavy atom. The van der Waals surface area contributed by atoms with E-state index in [1.807, 2.05) is 12.1 Å². The molecule has 0 radical (unpaired) electrons. The zero-order valence-electron chi connectivity index (χ0n) is 15.5. The molecule has 0 spiro atoms. The van der Waals surface area contributed by atoms with Crippen molar-refractivity contribution in [3.8, 4) is 11.3 Å². The smallest absolute Gasteiger partial charge is 0.368 e. The van der Waals surface area contributed by atoms with Crippen LogP contribution in [0.25, 0.3) is 28.1 Å². The number of halogens is 3. The Balaban J connectivity index is 0.00000112. The van der Waals surface area contributed by atoms with Crippen LogP contribution in [-0.2, 0) is 6.54 Å². The number of hydrogen-bond acceptors (Lipinski definition) is 0. The van der Waals surface area contributed by atoms with Gasteiger partial charge >= 0.3 is 5.78 Å². The van der Waals surface area contributed by atoms with E-state index in [1.54, 1.807) is 4.90 Å². The number of fused-ring (bicyclic) bond motifs is 3. The van der Waals surface area contributed by atoms with Crippen molar-refractivity contribution in [2.24, 2.45) is 0 Å². The molecule has 5 rings (SSSR count). The Labute approximate surface area is 175 Å². The van der Waals surface area contributed by atoms with Gasteiger partial charge in [0, 0.05) is 18.4 Å². The summed E-state index contributed by atoms with van der Waals surface area (Å²) in [6, 6.07) is 15.2. The second-order valence-corrected chi connectivity index (χ2v) is 7.22. The highest BCUT2D eigenvalue weighted by atomic mass is 35.5. The summed E-state index contributed by atoms with van der Waals surface area (Å²) in [4.78, 5) is 5.26. The first-order chi connectivity index (χ1) is 12.8. The third-order valence-corrected chi connectivity index (χ3v) is 5.58. The number of nitrogens with one attached hydrogen (secondary N) is 2. The van der Waals surface area contributed by atoms with Gasteiger partial charge in [0.05, 0.1) is 13.1 Å². The molecule has 0 aliphatic carbocycles. The summed E-state index contributed by atoms with van der Waals surface area (Å²) < 4.78 is 17.8. The number of nitrogens with zero attached hydrogens (tertiary/aromatic N) is 2. The first-order valence-corrected chi connectivity index (χ1v) is 9.41. The molecule has 4 aromatic rings. The van der Waals surface area contributed by atoms with Gasteiger partial charge in [0.1, 0.15) is 41.8 Å². The van der Waals surface area contributed by atoms with Crippen molar-refractivity contribution in [2.75, 3.05) is 19.6 Å². The Morgan fingerprint density at radius 2 is 1.71 bits per heavy atom. The number of rotatable bonds is 4. The zero-order chi connectivity index (χ0) is 17.5. The summed E-state index contributed by atoms with van der Waals surface area (Å²) in [5.74, 6) is 0.880. The molecule has 7 heteroatoms. The molecule has 1 aliphatic rings. The Morgan fingerprint density at radius 3 is 2.46 bits per heavy atom. The lowest BCUT2D eigenvalue weighted by Gasteiger charge is -2.10. The van der Waals surface area contributed by atoms with E-state index in [9.17, 15) is 4.39 Å². The van der Waals surface area contributed by atoms with Crippen LogP contribution < -0.4 is 34.3 Å². The molecule has 1 aliphatic heterocycles. The second kappa shape index (κ2) is 8.52. The van der Waals surface area contributed by atoms with E-state index >= 15 is 0 Å². The van der Waals surface area contributed by atoms with Crippen molar-refractivity contribution in [1.82, 2.24) is 9.38 Å². The molecule has 2 aromatic heterocycles. The van der Waals surface area contributed by atoms with Gasteiger partial charge < -0.3 is 29.7 Å². The predicted octanol–water partition coefficient (Wildman–Crippen LogP) is -3.80. The van der Waals surface area contributed by atoms with Gasteiger partial charge in [-0.2, -0.15) is 4.40 Å². The first-order valence-electron chi connectivity index (χ1n) is 9.41.